The molecule has 1 aliphatic rings. The third kappa shape index (κ3) is 1.57. The Morgan fingerprint density at radius 2 is 2.07 bits per heavy atom. The van der Waals surface area contributed by atoms with E-state index in [0.29, 0.717) is 0 Å². The zero-order valence-corrected chi connectivity index (χ0v) is 7.40. The van der Waals surface area contributed by atoms with Crippen molar-refractivity contribution in [3.8, 4) is 0 Å². The number of carbonyl (C=O) groups excluding carboxylic acids is 1. The molecule has 0 aliphatic carbocycles. The summed E-state index contributed by atoms with van der Waals surface area (Å²) in [4.78, 5) is 14.8. The van der Waals surface area contributed by atoms with E-state index in [9.17, 15) is 4.79 Å². The van der Waals surface area contributed by atoms with Crippen molar-refractivity contribution in [2.75, 3.05) is 0 Å². The number of nitrogens with one attached hydrogen (secondary N) is 2. The van der Waals surface area contributed by atoms with Crippen LogP contribution in [0.25, 0.3) is 0 Å². The second-order valence-electron chi connectivity index (χ2n) is 2.92. The minimum atomic E-state index is -0.559. The zero-order chi connectivity index (χ0) is 9.97. The fourth-order valence-corrected chi connectivity index (χ4v) is 1.25. The molecule has 5 nitrogen and oxygen atoms in total. The number of rotatable bonds is 2. The van der Waals surface area contributed by atoms with E-state index < -0.39 is 5.91 Å². The molecular weight excluding hydrogens is 180 g/mol. The largest absolute Gasteiger partial charge is 0.363 e. The van der Waals surface area contributed by atoms with Gasteiger partial charge in [-0.25, -0.2) is 10.4 Å². The summed E-state index contributed by atoms with van der Waals surface area (Å²) < 4.78 is 0. The Morgan fingerprint density at radius 3 is 2.64 bits per heavy atom. The van der Waals surface area contributed by atoms with Crippen LogP contribution in [0.5, 0.6) is 0 Å². The van der Waals surface area contributed by atoms with Gasteiger partial charge in [-0.3, -0.25) is 10.2 Å². The molecule has 1 amide bonds. The molecule has 0 saturated heterocycles. The molecule has 1 aromatic rings. The molecule has 14 heavy (non-hydrogen) atoms. The van der Waals surface area contributed by atoms with Crippen LogP contribution in [0.3, 0.4) is 0 Å². The van der Waals surface area contributed by atoms with Gasteiger partial charge in [0.25, 0.3) is 5.91 Å². The van der Waals surface area contributed by atoms with Crippen LogP contribution >= 0.6 is 0 Å². The van der Waals surface area contributed by atoms with Crippen molar-refractivity contribution in [3.05, 3.63) is 35.9 Å². The highest BCUT2D eigenvalue weighted by molar-refractivity contribution is 6.37. The molecule has 0 aromatic heterocycles. The number of aliphatic imine (C=N–C) groups is 1. The molecule has 4 N–H and O–H groups in total. The zero-order valence-electron chi connectivity index (χ0n) is 7.40. The molecule has 1 heterocycles. The lowest BCUT2D eigenvalue weighted by Gasteiger charge is -2.06. The minimum Gasteiger partial charge on any atom is -0.363 e. The van der Waals surface area contributed by atoms with Crippen LogP contribution < -0.4 is 16.6 Å². The van der Waals surface area contributed by atoms with Crippen molar-refractivity contribution >= 4 is 11.7 Å². The van der Waals surface area contributed by atoms with Gasteiger partial charge in [-0.2, -0.15) is 0 Å². The van der Waals surface area contributed by atoms with E-state index in [4.69, 9.17) is 5.73 Å². The highest BCUT2D eigenvalue weighted by Crippen LogP contribution is 2.15. The van der Waals surface area contributed by atoms with E-state index in [1.54, 1.807) is 0 Å². The van der Waals surface area contributed by atoms with Crippen molar-refractivity contribution in [3.63, 3.8) is 0 Å². The van der Waals surface area contributed by atoms with Gasteiger partial charge in [0.15, 0.2) is 0 Å². The first-order valence-corrected chi connectivity index (χ1v) is 4.21. The first-order valence-electron chi connectivity index (χ1n) is 4.21. The predicted octanol–water partition coefficient (Wildman–Crippen LogP) is -0.323. The third-order valence-corrected chi connectivity index (χ3v) is 1.93. The Morgan fingerprint density at radius 1 is 1.36 bits per heavy atom. The smallest absolute Gasteiger partial charge is 0.285 e. The van der Waals surface area contributed by atoms with Gasteiger partial charge in [0.05, 0.1) is 0 Å². The molecular formula is C9H10N4O. The number of benzene rings is 1. The fourth-order valence-electron chi connectivity index (χ4n) is 1.25. The summed E-state index contributed by atoms with van der Waals surface area (Å²) in [7, 11) is 0. The lowest BCUT2D eigenvalue weighted by Crippen LogP contribution is -2.38. The quantitative estimate of drug-likeness (QED) is 0.597. The Labute approximate surface area is 81.0 Å². The molecule has 0 radical (unpaired) electrons. The second-order valence-corrected chi connectivity index (χ2v) is 2.92. The van der Waals surface area contributed by atoms with Gasteiger partial charge < -0.3 is 5.73 Å². The SMILES string of the molecule is NC(=O)C1=NC(c2ccccc2)NN1. The average molecular weight is 190 g/mol. The molecule has 1 aliphatic heterocycles. The maximum Gasteiger partial charge on any atom is 0.285 e. The van der Waals surface area contributed by atoms with Crippen LogP contribution in [-0.2, 0) is 4.79 Å². The normalized spacial score (nSPS) is 20.0. The van der Waals surface area contributed by atoms with E-state index in [1.807, 2.05) is 30.3 Å². The van der Waals surface area contributed by atoms with Gasteiger partial charge in [0.1, 0.15) is 6.17 Å². The first-order chi connectivity index (χ1) is 6.77. The summed E-state index contributed by atoms with van der Waals surface area (Å²) in [6.45, 7) is 0. The number of nitrogens with two attached hydrogens (primary N) is 1. The fraction of sp³-hybridized carbons (Fsp3) is 0.111. The number of nitrogens with zero attached hydrogens (tertiary/aromatic N) is 1. The van der Waals surface area contributed by atoms with E-state index in [0.717, 1.165) is 5.56 Å². The standard InChI is InChI=1S/C9H10N4O/c10-7(14)9-11-8(12-13-9)6-4-2-1-3-5-6/h1-5,8,12H,(H2,10,14)(H,11,13). The Bertz CT molecular complexity index is 374. The third-order valence-electron chi connectivity index (χ3n) is 1.93. The number of amides is 1. The molecule has 1 unspecified atom stereocenters. The maximum absolute atomic E-state index is 10.8. The molecule has 0 bridgehead atoms. The van der Waals surface area contributed by atoms with Crippen molar-refractivity contribution in [2.45, 2.75) is 6.17 Å². The van der Waals surface area contributed by atoms with Gasteiger partial charge in [-0.05, 0) is 5.56 Å². The van der Waals surface area contributed by atoms with Crippen LogP contribution in [0.1, 0.15) is 11.7 Å². The first kappa shape index (κ1) is 8.71. The highest BCUT2D eigenvalue weighted by atomic mass is 16.1. The van der Waals surface area contributed by atoms with E-state index in [-0.39, 0.29) is 12.0 Å². The van der Waals surface area contributed by atoms with Gasteiger partial charge >= 0.3 is 0 Å². The number of hydrogen-bond acceptors (Lipinski definition) is 4. The molecule has 5 heteroatoms. The molecule has 0 fully saturated rings. The molecule has 2 rings (SSSR count). The summed E-state index contributed by atoms with van der Waals surface area (Å²) in [5.74, 6) is -0.394. The molecule has 1 atom stereocenters. The molecule has 1 aromatic carbocycles. The van der Waals surface area contributed by atoms with Crippen molar-refractivity contribution < 1.29 is 4.79 Å². The van der Waals surface area contributed by atoms with Crippen molar-refractivity contribution in [1.82, 2.24) is 10.9 Å². The number of hydrazine groups is 1. The van der Waals surface area contributed by atoms with Gasteiger partial charge in [-0.15, -0.1) is 0 Å². The maximum atomic E-state index is 10.8. The number of amidine groups is 1. The Hall–Kier alpha value is -1.88. The lowest BCUT2D eigenvalue weighted by molar-refractivity contribution is -0.112. The number of carbonyl (C=O) groups is 1. The highest BCUT2D eigenvalue weighted by Gasteiger charge is 2.20. The molecule has 72 valence electrons. The van der Waals surface area contributed by atoms with Gasteiger partial charge in [-0.1, -0.05) is 30.3 Å². The monoisotopic (exact) mass is 190 g/mol. The van der Waals surface area contributed by atoms with E-state index in [1.165, 1.54) is 0 Å². The summed E-state index contributed by atoms with van der Waals surface area (Å²) >= 11 is 0. The average Bonchev–Trinajstić information content (AvgIpc) is 2.68. The van der Waals surface area contributed by atoms with Crippen LogP contribution in [0.2, 0.25) is 0 Å². The summed E-state index contributed by atoms with van der Waals surface area (Å²) in [6.07, 6.45) is -0.237. The Kier molecular flexibility index (Phi) is 2.16. The molecule has 0 spiro atoms. The van der Waals surface area contributed by atoms with Crippen LogP contribution in [0, 0.1) is 0 Å². The Balaban J connectivity index is 2.20. The van der Waals surface area contributed by atoms with E-state index >= 15 is 0 Å². The summed E-state index contributed by atoms with van der Waals surface area (Å²) in [6, 6.07) is 9.59. The topological polar surface area (TPSA) is 79.5 Å². The summed E-state index contributed by atoms with van der Waals surface area (Å²) in [5, 5.41) is 0. The van der Waals surface area contributed by atoms with Crippen molar-refractivity contribution in [2.24, 2.45) is 10.7 Å². The second kappa shape index (κ2) is 3.47. The predicted molar refractivity (Wildman–Crippen MR) is 52.1 cm³/mol. The van der Waals surface area contributed by atoms with Crippen molar-refractivity contribution in [1.29, 1.82) is 0 Å². The molecule has 0 saturated carbocycles. The van der Waals surface area contributed by atoms with Gasteiger partial charge in [0.2, 0.25) is 5.84 Å². The summed E-state index contributed by atoms with van der Waals surface area (Å²) in [5.41, 5.74) is 11.5. The van der Waals surface area contributed by atoms with Gasteiger partial charge in [0, 0.05) is 0 Å². The van der Waals surface area contributed by atoms with Crippen LogP contribution in [0.15, 0.2) is 35.3 Å². The minimum absolute atomic E-state index is 0.166. The van der Waals surface area contributed by atoms with Crippen LogP contribution in [0.4, 0.5) is 0 Å². The lowest BCUT2D eigenvalue weighted by atomic mass is 10.2. The number of hydrogen-bond donors (Lipinski definition) is 3. The number of primary amides is 1. The van der Waals surface area contributed by atoms with Crippen LogP contribution in [-0.4, -0.2) is 11.7 Å². The van der Waals surface area contributed by atoms with E-state index in [2.05, 4.69) is 15.8 Å².